The summed E-state index contributed by atoms with van der Waals surface area (Å²) in [7, 11) is 1.63. The van der Waals surface area contributed by atoms with Gasteiger partial charge in [0.25, 0.3) is 0 Å². The molecule has 2 aliphatic rings. The van der Waals surface area contributed by atoms with Crippen LogP contribution in [0, 0.1) is 19.8 Å². The molecule has 0 saturated heterocycles. The van der Waals surface area contributed by atoms with E-state index in [1.54, 1.807) is 19.5 Å². The van der Waals surface area contributed by atoms with E-state index in [0.717, 1.165) is 54.9 Å². The Bertz CT molecular complexity index is 1500. The molecule has 6 nitrogen and oxygen atoms in total. The Morgan fingerprint density at radius 1 is 1.08 bits per heavy atom. The van der Waals surface area contributed by atoms with Crippen LogP contribution in [-0.4, -0.2) is 31.4 Å². The molecule has 4 aromatic rings. The van der Waals surface area contributed by atoms with Crippen molar-refractivity contribution >= 4 is 0 Å². The Morgan fingerprint density at radius 3 is 2.58 bits per heavy atom. The van der Waals surface area contributed by atoms with Crippen molar-refractivity contribution in [2.75, 3.05) is 7.11 Å². The van der Waals surface area contributed by atoms with Gasteiger partial charge in [0.1, 0.15) is 11.6 Å². The zero-order valence-electron chi connectivity index (χ0n) is 21.7. The van der Waals surface area contributed by atoms with Crippen molar-refractivity contribution in [3.05, 3.63) is 77.1 Å². The molecule has 0 spiro atoms. The van der Waals surface area contributed by atoms with Gasteiger partial charge < -0.3 is 13.9 Å². The Balaban J connectivity index is 1.46. The van der Waals surface area contributed by atoms with E-state index in [-0.39, 0.29) is 5.56 Å². The molecule has 2 aromatic heterocycles. The van der Waals surface area contributed by atoms with E-state index in [4.69, 9.17) is 4.74 Å². The number of hydrogen-bond acceptors (Lipinski definition) is 4. The lowest BCUT2D eigenvalue weighted by atomic mass is 9.70. The maximum atomic E-state index is 13.9. The lowest BCUT2D eigenvalue weighted by Gasteiger charge is -2.38. The number of aromatic nitrogens is 5. The highest BCUT2D eigenvalue weighted by Gasteiger charge is 2.46. The Kier molecular flexibility index (Phi) is 5.85. The molecule has 1 saturated carbocycles. The molecule has 1 fully saturated rings. The molecule has 1 unspecified atom stereocenters. The van der Waals surface area contributed by atoms with Gasteiger partial charge >= 0.3 is 6.18 Å². The standard InChI is InChI=1S/C29H30F3N5O/c1-18-5-9-22(14-23(18)29(30,31)32)28(15-20-6-7-20)11-4-12-37-26(34-35-27(28)37)21-8-10-24(25(13-21)38-3)36-16-19(2)33-17-36/h5,8-10,13-14,16-17,20H,4,6-7,11-12,15H2,1-3H3. The molecule has 1 atom stereocenters. The van der Waals surface area contributed by atoms with E-state index in [1.807, 2.05) is 42.0 Å². The van der Waals surface area contributed by atoms with Crippen LogP contribution in [0.15, 0.2) is 48.9 Å². The Labute approximate surface area is 219 Å². The summed E-state index contributed by atoms with van der Waals surface area (Å²) in [5, 5.41) is 9.28. The molecule has 0 amide bonds. The van der Waals surface area contributed by atoms with Gasteiger partial charge in [0, 0.05) is 18.3 Å². The molecule has 9 heteroatoms. The van der Waals surface area contributed by atoms with Gasteiger partial charge in [0.05, 0.1) is 35.8 Å². The van der Waals surface area contributed by atoms with Crippen molar-refractivity contribution in [1.29, 1.82) is 0 Å². The second kappa shape index (κ2) is 8.99. The summed E-state index contributed by atoms with van der Waals surface area (Å²) in [5.74, 6) is 2.63. The highest BCUT2D eigenvalue weighted by atomic mass is 19.4. The van der Waals surface area contributed by atoms with Crippen LogP contribution in [0.2, 0.25) is 0 Å². The Morgan fingerprint density at radius 2 is 1.89 bits per heavy atom. The number of methoxy groups -OCH3 is 1. The van der Waals surface area contributed by atoms with Gasteiger partial charge in [-0.05, 0) is 74.4 Å². The third-order valence-electron chi connectivity index (χ3n) is 8.02. The van der Waals surface area contributed by atoms with E-state index in [9.17, 15) is 13.2 Å². The van der Waals surface area contributed by atoms with Gasteiger partial charge in [-0.3, -0.25) is 0 Å². The topological polar surface area (TPSA) is 57.8 Å². The maximum Gasteiger partial charge on any atom is 0.416 e. The molecule has 0 radical (unpaired) electrons. The van der Waals surface area contributed by atoms with Crippen molar-refractivity contribution in [3.8, 4) is 22.8 Å². The number of aryl methyl sites for hydroxylation is 2. The number of benzene rings is 2. The summed E-state index contributed by atoms with van der Waals surface area (Å²) >= 11 is 0. The zero-order chi connectivity index (χ0) is 26.7. The largest absolute Gasteiger partial charge is 0.495 e. The fraction of sp³-hybridized carbons (Fsp3) is 0.414. The molecule has 198 valence electrons. The second-order valence-corrected chi connectivity index (χ2v) is 10.7. The predicted octanol–water partition coefficient (Wildman–Crippen LogP) is 6.66. The monoisotopic (exact) mass is 521 g/mol. The van der Waals surface area contributed by atoms with Crippen LogP contribution in [0.25, 0.3) is 17.1 Å². The Hall–Kier alpha value is -3.62. The van der Waals surface area contributed by atoms with Crippen molar-refractivity contribution in [3.63, 3.8) is 0 Å². The molecule has 6 rings (SSSR count). The summed E-state index contributed by atoms with van der Waals surface area (Å²) in [4.78, 5) is 4.31. The van der Waals surface area contributed by atoms with Gasteiger partial charge in [-0.1, -0.05) is 25.0 Å². The number of hydrogen-bond donors (Lipinski definition) is 0. The molecular weight excluding hydrogens is 491 g/mol. The van der Waals surface area contributed by atoms with E-state index in [0.29, 0.717) is 29.6 Å². The minimum atomic E-state index is -4.40. The number of nitrogens with zero attached hydrogens (tertiary/aromatic N) is 5. The van der Waals surface area contributed by atoms with E-state index < -0.39 is 17.2 Å². The highest BCUT2D eigenvalue weighted by molar-refractivity contribution is 5.64. The van der Waals surface area contributed by atoms with Gasteiger partial charge in [-0.2, -0.15) is 13.2 Å². The number of rotatable bonds is 6. The highest BCUT2D eigenvalue weighted by Crippen LogP contribution is 2.51. The average Bonchev–Trinajstić information content (AvgIpc) is 3.41. The van der Waals surface area contributed by atoms with Crippen LogP contribution in [0.5, 0.6) is 5.75 Å². The average molecular weight is 522 g/mol. The van der Waals surface area contributed by atoms with Gasteiger partial charge in [0.2, 0.25) is 0 Å². The quantitative estimate of drug-likeness (QED) is 0.285. The smallest absolute Gasteiger partial charge is 0.416 e. The number of fused-ring (bicyclic) bond motifs is 1. The minimum Gasteiger partial charge on any atom is -0.495 e. The SMILES string of the molecule is COc1cc(-c2nnc3n2CCCC3(CC2CC2)c2ccc(C)c(C(F)(F)F)c2)ccc1-n1cnc(C)c1. The second-order valence-electron chi connectivity index (χ2n) is 10.7. The number of imidazole rings is 1. The number of ether oxygens (including phenoxy) is 1. The van der Waals surface area contributed by atoms with Gasteiger partial charge in [-0.15, -0.1) is 10.2 Å². The first-order valence-electron chi connectivity index (χ1n) is 13.0. The summed E-state index contributed by atoms with van der Waals surface area (Å²) in [6, 6.07) is 10.7. The first-order valence-corrected chi connectivity index (χ1v) is 13.0. The molecule has 0 bridgehead atoms. The van der Waals surface area contributed by atoms with Crippen LogP contribution in [0.3, 0.4) is 0 Å². The molecule has 2 aromatic carbocycles. The van der Waals surface area contributed by atoms with Crippen molar-refractivity contribution in [2.45, 2.75) is 64.1 Å². The van der Waals surface area contributed by atoms with Crippen LogP contribution in [0.4, 0.5) is 13.2 Å². The van der Waals surface area contributed by atoms with Crippen molar-refractivity contribution < 1.29 is 17.9 Å². The lowest BCUT2D eigenvalue weighted by Crippen LogP contribution is -2.36. The molecule has 38 heavy (non-hydrogen) atoms. The van der Waals surface area contributed by atoms with E-state index in [1.165, 1.54) is 13.0 Å². The maximum absolute atomic E-state index is 13.9. The zero-order valence-corrected chi connectivity index (χ0v) is 21.7. The first-order chi connectivity index (χ1) is 18.2. The lowest BCUT2D eigenvalue weighted by molar-refractivity contribution is -0.138. The number of halogens is 3. The van der Waals surface area contributed by atoms with Gasteiger partial charge in [0.15, 0.2) is 5.82 Å². The molecule has 1 aliphatic carbocycles. The molecular formula is C29H30F3N5O. The molecule has 0 N–H and O–H groups in total. The van der Waals surface area contributed by atoms with Gasteiger partial charge in [-0.25, -0.2) is 4.98 Å². The normalized spacial score (nSPS) is 19.4. The van der Waals surface area contributed by atoms with Crippen LogP contribution in [-0.2, 0) is 18.1 Å². The summed E-state index contributed by atoms with van der Waals surface area (Å²) < 4.78 is 51.4. The minimum absolute atomic E-state index is 0.237. The summed E-state index contributed by atoms with van der Waals surface area (Å²) in [5.41, 5.74) is 2.36. The molecule has 3 heterocycles. The third-order valence-corrected chi connectivity index (χ3v) is 8.02. The first kappa shape index (κ1) is 24.7. The third kappa shape index (κ3) is 4.18. The van der Waals surface area contributed by atoms with E-state index in [2.05, 4.69) is 19.7 Å². The van der Waals surface area contributed by atoms with Crippen LogP contribution < -0.4 is 4.74 Å². The molecule has 1 aliphatic heterocycles. The van der Waals surface area contributed by atoms with Crippen LogP contribution >= 0.6 is 0 Å². The van der Waals surface area contributed by atoms with Crippen molar-refractivity contribution in [2.24, 2.45) is 5.92 Å². The van der Waals surface area contributed by atoms with Crippen LogP contribution in [0.1, 0.15) is 60.3 Å². The van der Waals surface area contributed by atoms with Crippen molar-refractivity contribution in [1.82, 2.24) is 24.3 Å². The summed E-state index contributed by atoms with van der Waals surface area (Å²) in [6.07, 6.45) is 3.86. The van der Waals surface area contributed by atoms with E-state index >= 15 is 0 Å². The fourth-order valence-corrected chi connectivity index (χ4v) is 5.94. The number of alkyl halides is 3. The fourth-order valence-electron chi connectivity index (χ4n) is 5.94. The summed E-state index contributed by atoms with van der Waals surface area (Å²) in [6.45, 7) is 4.16. The predicted molar refractivity (Wildman–Crippen MR) is 137 cm³/mol.